The Kier molecular flexibility index (Phi) is 12.2. The van der Waals surface area contributed by atoms with Crippen molar-refractivity contribution in [2.75, 3.05) is 6.61 Å². The molecule has 0 unspecified atom stereocenters. The number of carbonyl (C=O) groups is 4. The lowest BCUT2D eigenvalue weighted by Crippen LogP contribution is -2.61. The summed E-state index contributed by atoms with van der Waals surface area (Å²) in [7, 11) is 0. The average molecular weight is 433 g/mol. The molecule has 11 heteroatoms. The molecule has 0 radical (unpaired) electrons. The van der Waals surface area contributed by atoms with Crippen LogP contribution in [0.1, 0.15) is 47.5 Å². The van der Waals surface area contributed by atoms with Gasteiger partial charge in [0.15, 0.2) is 0 Å². The first-order chi connectivity index (χ1) is 13.9. The van der Waals surface area contributed by atoms with E-state index in [9.17, 15) is 34.5 Å². The Bertz CT molecular complexity index is 599. The topological polar surface area (TPSA) is 191 Å². The maximum Gasteiger partial charge on any atom is 0.326 e. The van der Waals surface area contributed by atoms with Crippen LogP contribution in [0.15, 0.2) is 0 Å². The molecule has 0 fully saturated rings. The number of hydrogen-bond acceptors (Lipinski definition) is 7. The monoisotopic (exact) mass is 432 g/mol. The number of aliphatic carboxylic acids is 1. The third-order valence-electron chi connectivity index (χ3n) is 5.21. The van der Waals surface area contributed by atoms with E-state index in [0.29, 0.717) is 12.8 Å². The van der Waals surface area contributed by atoms with Gasteiger partial charge in [0.1, 0.15) is 18.1 Å². The summed E-state index contributed by atoms with van der Waals surface area (Å²) in [6.07, 6.45) is -0.244. The number of amides is 3. The molecule has 0 aromatic carbocycles. The number of nitrogens with two attached hydrogens (primary N) is 1. The van der Waals surface area contributed by atoms with Crippen LogP contribution in [-0.2, 0) is 19.2 Å². The van der Waals surface area contributed by atoms with Crippen molar-refractivity contribution in [2.45, 2.75) is 77.7 Å². The molecule has 174 valence electrons. The molecule has 0 aromatic heterocycles. The van der Waals surface area contributed by atoms with Crippen molar-refractivity contribution in [3.63, 3.8) is 0 Å². The van der Waals surface area contributed by atoms with Gasteiger partial charge in [0.2, 0.25) is 17.7 Å². The molecule has 0 aliphatic heterocycles. The molecule has 0 aromatic rings. The van der Waals surface area contributed by atoms with Crippen molar-refractivity contribution in [1.29, 1.82) is 0 Å². The Morgan fingerprint density at radius 3 is 1.73 bits per heavy atom. The predicted octanol–water partition coefficient (Wildman–Crippen LogP) is -1.68. The van der Waals surface area contributed by atoms with Crippen LogP contribution in [-0.4, -0.2) is 75.9 Å². The zero-order valence-electron chi connectivity index (χ0n) is 18.2. The van der Waals surface area contributed by atoms with Gasteiger partial charge < -0.3 is 37.0 Å². The number of carbonyl (C=O) groups excluding carboxylic acids is 3. The van der Waals surface area contributed by atoms with E-state index in [0.717, 1.165) is 0 Å². The highest BCUT2D eigenvalue weighted by Gasteiger charge is 2.34. The van der Waals surface area contributed by atoms with Gasteiger partial charge in [0, 0.05) is 0 Å². The van der Waals surface area contributed by atoms with Crippen molar-refractivity contribution in [1.82, 2.24) is 16.0 Å². The summed E-state index contributed by atoms with van der Waals surface area (Å²) in [5.74, 6) is -4.24. The highest BCUT2D eigenvalue weighted by Crippen LogP contribution is 2.09. The Morgan fingerprint density at radius 2 is 1.33 bits per heavy atom. The fraction of sp³-hybridized carbons (Fsp3) is 0.789. The lowest BCUT2D eigenvalue weighted by molar-refractivity contribution is -0.144. The van der Waals surface area contributed by atoms with Gasteiger partial charge >= 0.3 is 5.97 Å². The zero-order chi connectivity index (χ0) is 23.6. The Morgan fingerprint density at radius 1 is 0.833 bits per heavy atom. The minimum atomic E-state index is -1.49. The molecule has 0 saturated carbocycles. The van der Waals surface area contributed by atoms with Crippen LogP contribution in [0.5, 0.6) is 0 Å². The highest BCUT2D eigenvalue weighted by atomic mass is 16.4. The lowest BCUT2D eigenvalue weighted by Gasteiger charge is -2.27. The molecule has 0 bridgehead atoms. The molecule has 0 aliphatic carbocycles. The molecule has 0 saturated heterocycles. The van der Waals surface area contributed by atoms with Gasteiger partial charge in [-0.25, -0.2) is 4.79 Å². The smallest absolute Gasteiger partial charge is 0.326 e. The van der Waals surface area contributed by atoms with Crippen LogP contribution in [0.2, 0.25) is 0 Å². The van der Waals surface area contributed by atoms with E-state index in [2.05, 4.69) is 16.0 Å². The van der Waals surface area contributed by atoms with E-state index in [4.69, 9.17) is 5.73 Å². The number of hydrogen-bond donors (Lipinski definition) is 7. The zero-order valence-corrected chi connectivity index (χ0v) is 18.2. The fourth-order valence-corrected chi connectivity index (χ4v) is 2.56. The third kappa shape index (κ3) is 8.25. The van der Waals surface area contributed by atoms with Crippen LogP contribution in [0, 0.1) is 11.8 Å². The van der Waals surface area contributed by atoms with Crippen molar-refractivity contribution in [3.8, 4) is 0 Å². The number of aliphatic hydroxyl groups is 2. The second-order valence-electron chi connectivity index (χ2n) is 7.59. The predicted molar refractivity (Wildman–Crippen MR) is 109 cm³/mol. The maximum absolute atomic E-state index is 12.5. The average Bonchev–Trinajstić information content (AvgIpc) is 2.70. The first kappa shape index (κ1) is 27.8. The summed E-state index contributed by atoms with van der Waals surface area (Å²) in [6.45, 7) is 7.51. The summed E-state index contributed by atoms with van der Waals surface area (Å²) in [5.41, 5.74) is 5.81. The van der Waals surface area contributed by atoms with Gasteiger partial charge in [-0.1, -0.05) is 40.5 Å². The first-order valence-electron chi connectivity index (χ1n) is 10.1. The summed E-state index contributed by atoms with van der Waals surface area (Å²) in [4.78, 5) is 48.6. The number of aliphatic hydroxyl groups excluding tert-OH is 2. The summed E-state index contributed by atoms with van der Waals surface area (Å²) in [5, 5.41) is 35.6. The summed E-state index contributed by atoms with van der Waals surface area (Å²) < 4.78 is 0. The standard InChI is InChI=1S/C19H36N4O7/c1-6-9(3)13(20)17(27)21-12(8-24)16(26)23-15(11(5)25)18(28)22-14(19(29)30)10(4)7-2/h9-15,24-25H,6-8,20H2,1-5H3,(H,21,27)(H,22,28)(H,23,26)(H,29,30)/t9-,10-,11+,12-,13-,14-,15-/m0/s1. The highest BCUT2D eigenvalue weighted by molar-refractivity contribution is 5.94. The molecule has 11 nitrogen and oxygen atoms in total. The second kappa shape index (κ2) is 13.1. The van der Waals surface area contributed by atoms with Crippen LogP contribution >= 0.6 is 0 Å². The maximum atomic E-state index is 12.5. The van der Waals surface area contributed by atoms with Crippen molar-refractivity contribution in [2.24, 2.45) is 17.6 Å². The lowest BCUT2D eigenvalue weighted by atomic mass is 9.98. The van der Waals surface area contributed by atoms with Crippen molar-refractivity contribution in [3.05, 3.63) is 0 Å². The van der Waals surface area contributed by atoms with Crippen LogP contribution in [0.25, 0.3) is 0 Å². The minimum absolute atomic E-state index is 0.156. The van der Waals surface area contributed by atoms with E-state index in [1.54, 1.807) is 20.8 Å². The largest absolute Gasteiger partial charge is 0.480 e. The van der Waals surface area contributed by atoms with Gasteiger partial charge in [-0.15, -0.1) is 0 Å². The minimum Gasteiger partial charge on any atom is -0.480 e. The van der Waals surface area contributed by atoms with Gasteiger partial charge in [-0.2, -0.15) is 0 Å². The van der Waals surface area contributed by atoms with Crippen LogP contribution in [0.3, 0.4) is 0 Å². The van der Waals surface area contributed by atoms with Crippen molar-refractivity contribution >= 4 is 23.7 Å². The quantitative estimate of drug-likeness (QED) is 0.179. The number of nitrogens with one attached hydrogen (secondary N) is 3. The summed E-state index contributed by atoms with van der Waals surface area (Å²) >= 11 is 0. The molecule has 3 amide bonds. The van der Waals surface area contributed by atoms with Gasteiger partial charge in [-0.05, 0) is 18.8 Å². The van der Waals surface area contributed by atoms with E-state index in [1.807, 2.05) is 6.92 Å². The Labute approximate surface area is 176 Å². The Balaban J connectivity index is 5.26. The Hall–Kier alpha value is -2.24. The molecule has 0 heterocycles. The molecule has 8 N–H and O–H groups in total. The fourth-order valence-electron chi connectivity index (χ4n) is 2.56. The summed E-state index contributed by atoms with van der Waals surface area (Å²) in [6, 6.07) is -4.98. The molecule has 7 atom stereocenters. The molecular formula is C19H36N4O7. The molecule has 0 rings (SSSR count). The second-order valence-corrected chi connectivity index (χ2v) is 7.59. The van der Waals surface area contributed by atoms with Crippen LogP contribution in [0.4, 0.5) is 0 Å². The van der Waals surface area contributed by atoms with E-state index in [-0.39, 0.29) is 11.8 Å². The van der Waals surface area contributed by atoms with Crippen LogP contribution < -0.4 is 21.7 Å². The first-order valence-corrected chi connectivity index (χ1v) is 10.1. The van der Waals surface area contributed by atoms with E-state index >= 15 is 0 Å². The SMILES string of the molecule is CC[C@H](C)[C@H](N)C(=O)N[C@@H](CO)C(=O)N[C@H](C(=O)N[C@H](C(=O)O)[C@@H](C)CC)[C@@H](C)O. The van der Waals surface area contributed by atoms with Crippen molar-refractivity contribution < 1.29 is 34.5 Å². The van der Waals surface area contributed by atoms with Gasteiger partial charge in [0.05, 0.1) is 18.8 Å². The molecule has 0 aliphatic rings. The number of carboxylic acid groups (broad SMARTS) is 1. The molecule has 30 heavy (non-hydrogen) atoms. The third-order valence-corrected chi connectivity index (χ3v) is 5.21. The van der Waals surface area contributed by atoms with Gasteiger partial charge in [0.25, 0.3) is 0 Å². The normalized spacial score (nSPS) is 18.1. The molecule has 0 spiro atoms. The molecular weight excluding hydrogens is 396 g/mol. The number of rotatable bonds is 13. The van der Waals surface area contributed by atoms with E-state index in [1.165, 1.54) is 6.92 Å². The number of carboxylic acids is 1. The van der Waals surface area contributed by atoms with E-state index < -0.39 is 60.6 Å². The van der Waals surface area contributed by atoms with Gasteiger partial charge in [-0.3, -0.25) is 14.4 Å².